The van der Waals surface area contributed by atoms with E-state index in [-0.39, 0.29) is 17.4 Å². The Bertz CT molecular complexity index is 480. The minimum atomic E-state index is -4.46. The summed E-state index contributed by atoms with van der Waals surface area (Å²) in [5.74, 6) is 0.0651. The first-order valence-corrected chi connectivity index (χ1v) is 6.42. The van der Waals surface area contributed by atoms with Gasteiger partial charge in [-0.05, 0) is 30.8 Å². The van der Waals surface area contributed by atoms with Crippen LogP contribution in [0.4, 0.5) is 18.9 Å². The molecule has 0 unspecified atom stereocenters. The van der Waals surface area contributed by atoms with E-state index in [0.717, 1.165) is 0 Å². The molecule has 112 valence electrons. The van der Waals surface area contributed by atoms with Gasteiger partial charge in [0.25, 0.3) is 0 Å². The maximum atomic E-state index is 12.2. The van der Waals surface area contributed by atoms with Crippen LogP contribution in [-0.2, 0) is 4.79 Å². The van der Waals surface area contributed by atoms with Crippen LogP contribution in [0.5, 0.6) is 11.5 Å². The van der Waals surface area contributed by atoms with Gasteiger partial charge in [-0.1, -0.05) is 0 Å². The highest BCUT2D eigenvalue weighted by molar-refractivity contribution is 8.01. The van der Waals surface area contributed by atoms with E-state index in [2.05, 4.69) is 5.32 Å². The van der Waals surface area contributed by atoms with Gasteiger partial charge in [-0.3, -0.25) is 4.79 Å². The van der Waals surface area contributed by atoms with Crippen LogP contribution in [0, 0.1) is 0 Å². The number of halogens is 3. The number of nitrogens with one attached hydrogen (secondary N) is 1. The number of thioether (sulfide) groups is 1. The number of hydrogen-bond donors (Lipinski definition) is 1. The third-order valence-corrected chi connectivity index (χ3v) is 3.18. The molecule has 1 rings (SSSR count). The molecule has 0 aromatic heterocycles. The lowest BCUT2D eigenvalue weighted by molar-refractivity contribution is -0.115. The van der Waals surface area contributed by atoms with Gasteiger partial charge in [0.1, 0.15) is 11.5 Å². The van der Waals surface area contributed by atoms with Crippen LogP contribution < -0.4 is 14.8 Å². The quantitative estimate of drug-likeness (QED) is 0.907. The number of ether oxygens (including phenoxy) is 2. The summed E-state index contributed by atoms with van der Waals surface area (Å²) < 4.78 is 46.6. The smallest absolute Gasteiger partial charge is 0.442 e. The summed E-state index contributed by atoms with van der Waals surface area (Å²) in [5, 5.41) is 1.13. The molecule has 0 saturated heterocycles. The molecule has 4 nitrogen and oxygen atoms in total. The molecule has 1 amide bonds. The van der Waals surface area contributed by atoms with Gasteiger partial charge in [-0.15, -0.1) is 0 Å². The summed E-state index contributed by atoms with van der Waals surface area (Å²) >= 11 is -0.372. The van der Waals surface area contributed by atoms with E-state index in [4.69, 9.17) is 9.47 Å². The summed E-state index contributed by atoms with van der Waals surface area (Å²) in [7, 11) is 2.85. The van der Waals surface area contributed by atoms with Gasteiger partial charge in [-0.2, -0.15) is 13.2 Å². The zero-order chi connectivity index (χ0) is 15.3. The van der Waals surface area contributed by atoms with Crippen LogP contribution in [0.2, 0.25) is 0 Å². The standard InChI is InChI=1S/C12H14F3NO3S/c1-7(20-12(13,14)15)11(17)16-9-5-4-8(18-2)6-10(9)19-3/h4-7H,1-3H3,(H,16,17)/t7-/m0/s1. The van der Waals surface area contributed by atoms with Gasteiger partial charge in [0.2, 0.25) is 5.91 Å². The minimum Gasteiger partial charge on any atom is -0.497 e. The average Bonchev–Trinajstić information content (AvgIpc) is 2.37. The molecule has 0 heterocycles. The minimum absolute atomic E-state index is 0.285. The van der Waals surface area contributed by atoms with Crippen molar-refractivity contribution in [3.8, 4) is 11.5 Å². The van der Waals surface area contributed by atoms with Crippen LogP contribution >= 0.6 is 11.8 Å². The zero-order valence-electron chi connectivity index (χ0n) is 11.1. The third-order valence-electron chi connectivity index (χ3n) is 2.35. The van der Waals surface area contributed by atoms with E-state index in [1.165, 1.54) is 33.3 Å². The molecule has 0 spiro atoms. The van der Waals surface area contributed by atoms with E-state index >= 15 is 0 Å². The zero-order valence-corrected chi connectivity index (χ0v) is 11.9. The number of rotatable bonds is 5. The number of carbonyl (C=O) groups excluding carboxylic acids is 1. The molecule has 20 heavy (non-hydrogen) atoms. The van der Waals surface area contributed by atoms with Crippen molar-refractivity contribution in [1.29, 1.82) is 0 Å². The summed E-state index contributed by atoms with van der Waals surface area (Å²) in [6.45, 7) is 1.18. The van der Waals surface area contributed by atoms with Crippen molar-refractivity contribution in [2.24, 2.45) is 0 Å². The van der Waals surface area contributed by atoms with Crippen molar-refractivity contribution in [1.82, 2.24) is 0 Å². The van der Waals surface area contributed by atoms with Crippen LogP contribution in [-0.4, -0.2) is 30.9 Å². The first-order valence-electron chi connectivity index (χ1n) is 5.54. The van der Waals surface area contributed by atoms with Gasteiger partial charge >= 0.3 is 5.51 Å². The topological polar surface area (TPSA) is 47.6 Å². The molecule has 1 aromatic carbocycles. The number of hydrogen-bond acceptors (Lipinski definition) is 4. The first-order chi connectivity index (χ1) is 9.26. The molecule has 0 saturated carbocycles. The predicted molar refractivity (Wildman–Crippen MR) is 71.3 cm³/mol. The summed E-state index contributed by atoms with van der Waals surface area (Å²) in [5.41, 5.74) is -4.17. The van der Waals surface area contributed by atoms with Crippen LogP contribution in [0.1, 0.15) is 6.92 Å². The van der Waals surface area contributed by atoms with Crippen molar-refractivity contribution in [3.63, 3.8) is 0 Å². The summed E-state index contributed by atoms with van der Waals surface area (Å²) in [6.07, 6.45) is 0. The monoisotopic (exact) mass is 309 g/mol. The Morgan fingerprint density at radius 3 is 2.45 bits per heavy atom. The van der Waals surface area contributed by atoms with E-state index in [1.54, 1.807) is 6.07 Å². The molecular weight excluding hydrogens is 295 g/mol. The van der Waals surface area contributed by atoms with Gasteiger partial charge in [0.15, 0.2) is 0 Å². The Morgan fingerprint density at radius 2 is 1.95 bits per heavy atom. The van der Waals surface area contributed by atoms with Crippen LogP contribution in [0.3, 0.4) is 0 Å². The molecule has 0 bridgehead atoms. The summed E-state index contributed by atoms with van der Waals surface area (Å²) in [6, 6.07) is 4.59. The average molecular weight is 309 g/mol. The van der Waals surface area contributed by atoms with Gasteiger partial charge in [0, 0.05) is 6.07 Å². The number of anilines is 1. The Balaban J connectivity index is 2.80. The number of amides is 1. The van der Waals surface area contributed by atoms with Crippen molar-refractivity contribution in [2.75, 3.05) is 19.5 Å². The largest absolute Gasteiger partial charge is 0.497 e. The van der Waals surface area contributed by atoms with Crippen LogP contribution in [0.25, 0.3) is 0 Å². The normalized spacial score (nSPS) is 12.7. The first kappa shape index (κ1) is 16.5. The molecule has 0 fully saturated rings. The fourth-order valence-electron chi connectivity index (χ4n) is 1.39. The molecule has 0 aliphatic rings. The van der Waals surface area contributed by atoms with Gasteiger partial charge < -0.3 is 14.8 Å². The molecule has 0 aliphatic carbocycles. The summed E-state index contributed by atoms with van der Waals surface area (Å²) in [4.78, 5) is 11.7. The number of alkyl halides is 3. The predicted octanol–water partition coefficient (Wildman–Crippen LogP) is 3.28. The highest BCUT2D eigenvalue weighted by atomic mass is 32.2. The Kier molecular flexibility index (Phi) is 5.55. The van der Waals surface area contributed by atoms with E-state index < -0.39 is 16.7 Å². The molecular formula is C12H14F3NO3S. The van der Waals surface area contributed by atoms with Gasteiger partial charge in [-0.25, -0.2) is 0 Å². The van der Waals surface area contributed by atoms with E-state index in [1.807, 2.05) is 0 Å². The lowest BCUT2D eigenvalue weighted by atomic mass is 10.2. The van der Waals surface area contributed by atoms with E-state index in [9.17, 15) is 18.0 Å². The maximum absolute atomic E-state index is 12.2. The number of methoxy groups -OCH3 is 2. The second-order valence-electron chi connectivity index (χ2n) is 3.76. The third kappa shape index (κ3) is 4.84. The highest BCUT2D eigenvalue weighted by Crippen LogP contribution is 2.35. The number of carbonyl (C=O) groups is 1. The second-order valence-corrected chi connectivity index (χ2v) is 5.17. The molecule has 1 N–H and O–H groups in total. The second kappa shape index (κ2) is 6.74. The van der Waals surface area contributed by atoms with Crippen molar-refractivity contribution < 1.29 is 27.4 Å². The molecule has 0 aliphatic heterocycles. The Labute approximate surface area is 118 Å². The molecule has 0 radical (unpaired) electrons. The SMILES string of the molecule is COc1ccc(NC(=O)[C@H](C)SC(F)(F)F)c(OC)c1. The highest BCUT2D eigenvalue weighted by Gasteiger charge is 2.34. The lowest BCUT2D eigenvalue weighted by Gasteiger charge is -2.15. The maximum Gasteiger partial charge on any atom is 0.442 e. The Hall–Kier alpha value is -1.57. The van der Waals surface area contributed by atoms with Crippen LogP contribution in [0.15, 0.2) is 18.2 Å². The van der Waals surface area contributed by atoms with Crippen molar-refractivity contribution in [3.05, 3.63) is 18.2 Å². The van der Waals surface area contributed by atoms with Crippen molar-refractivity contribution >= 4 is 23.4 Å². The number of benzene rings is 1. The molecule has 1 aromatic rings. The Morgan fingerprint density at radius 1 is 1.30 bits per heavy atom. The van der Waals surface area contributed by atoms with Gasteiger partial charge in [0.05, 0.1) is 25.2 Å². The molecule has 1 atom stereocenters. The fraction of sp³-hybridized carbons (Fsp3) is 0.417. The molecule has 8 heteroatoms. The van der Waals surface area contributed by atoms with Crippen molar-refractivity contribution in [2.45, 2.75) is 17.7 Å². The lowest BCUT2D eigenvalue weighted by Crippen LogP contribution is -2.25. The fourth-order valence-corrected chi connectivity index (χ4v) is 1.96. The van der Waals surface area contributed by atoms with E-state index in [0.29, 0.717) is 11.5 Å².